The van der Waals surface area contributed by atoms with Crippen molar-refractivity contribution < 1.29 is 4.21 Å². The van der Waals surface area contributed by atoms with E-state index < -0.39 is 10.8 Å². The smallest absolute Gasteiger partial charge is 0.182 e. The van der Waals surface area contributed by atoms with Gasteiger partial charge < -0.3 is 4.57 Å². The molecule has 8 heteroatoms. The first kappa shape index (κ1) is 18.7. The van der Waals surface area contributed by atoms with Gasteiger partial charge in [-0.2, -0.15) is 10.2 Å². The molecule has 0 aliphatic rings. The summed E-state index contributed by atoms with van der Waals surface area (Å²) in [5, 5.41) is 13.3. The van der Waals surface area contributed by atoms with E-state index >= 15 is 0 Å². The summed E-state index contributed by atoms with van der Waals surface area (Å²) >= 11 is 0. The van der Waals surface area contributed by atoms with E-state index in [1.807, 2.05) is 43.0 Å². The summed E-state index contributed by atoms with van der Waals surface area (Å²) in [6.07, 6.45) is 0. The lowest BCUT2D eigenvalue weighted by Gasteiger charge is -2.12. The first-order chi connectivity index (χ1) is 13.3. The van der Waals surface area contributed by atoms with Crippen LogP contribution in [0.15, 0.2) is 11.0 Å². The number of pyridine rings is 1. The highest BCUT2D eigenvalue weighted by molar-refractivity contribution is 7.85. The lowest BCUT2D eigenvalue weighted by Crippen LogP contribution is -2.03. The Kier molecular flexibility index (Phi) is 4.33. The predicted octanol–water partition coefficient (Wildman–Crippen LogP) is 3.35. The monoisotopic (exact) mass is 396 g/mol. The summed E-state index contributed by atoms with van der Waals surface area (Å²) in [5.74, 6) is 1.17. The van der Waals surface area contributed by atoms with Gasteiger partial charge in [0.2, 0.25) is 0 Å². The Balaban J connectivity index is 2.16. The van der Waals surface area contributed by atoms with Gasteiger partial charge in [-0.05, 0) is 57.4 Å². The molecule has 4 heterocycles. The van der Waals surface area contributed by atoms with E-state index in [1.54, 1.807) is 0 Å². The third kappa shape index (κ3) is 2.51. The summed E-state index contributed by atoms with van der Waals surface area (Å²) in [5.41, 5.74) is 8.38. The molecule has 0 aliphatic heterocycles. The van der Waals surface area contributed by atoms with Crippen molar-refractivity contribution in [2.24, 2.45) is 7.05 Å². The van der Waals surface area contributed by atoms with Gasteiger partial charge >= 0.3 is 0 Å². The second kappa shape index (κ2) is 6.48. The van der Waals surface area contributed by atoms with Crippen LogP contribution < -0.4 is 0 Å². The molecule has 4 aromatic rings. The largest absolute Gasteiger partial charge is 0.309 e. The second-order valence-electron chi connectivity index (χ2n) is 7.22. The lowest BCUT2D eigenvalue weighted by atomic mass is 10.0. The summed E-state index contributed by atoms with van der Waals surface area (Å²) in [6, 6.07) is 1.91. The van der Waals surface area contributed by atoms with Crippen molar-refractivity contribution in [2.75, 3.05) is 5.75 Å². The normalized spacial score (nSPS) is 13.0. The third-order valence-electron chi connectivity index (χ3n) is 5.62. The van der Waals surface area contributed by atoms with Crippen LogP contribution in [0.3, 0.4) is 0 Å². The minimum absolute atomic E-state index is 0.516. The average Bonchev–Trinajstić information content (AvgIpc) is 3.22. The Morgan fingerprint density at radius 3 is 2.43 bits per heavy atom. The Hall–Kier alpha value is -2.61. The fourth-order valence-corrected chi connectivity index (χ4v) is 4.75. The zero-order chi connectivity index (χ0) is 20.3. The molecule has 28 heavy (non-hydrogen) atoms. The molecule has 0 spiro atoms. The summed E-state index contributed by atoms with van der Waals surface area (Å²) in [7, 11) is 0.710. The van der Waals surface area contributed by atoms with Gasteiger partial charge in [0.15, 0.2) is 11.5 Å². The maximum absolute atomic E-state index is 13.1. The standard InChI is InChI=1S/C20H24N6OS/c1-8-28(27)18-16(20-21-15-9-10(2)22-23-19(15)25(20)7)24-26-14(6)12(4)11(3)13(5)17(18)26/h9H,8H2,1-7H3. The SMILES string of the molecule is CCS(=O)c1c(-c2nc3cc(C)nnc3n2C)nn2c(C)c(C)c(C)c(C)c12. The number of aryl methyl sites for hydroxylation is 4. The van der Waals surface area contributed by atoms with Crippen LogP contribution in [-0.2, 0) is 17.8 Å². The highest BCUT2D eigenvalue weighted by Crippen LogP contribution is 2.34. The minimum atomic E-state index is -1.19. The summed E-state index contributed by atoms with van der Waals surface area (Å²) < 4.78 is 16.9. The maximum atomic E-state index is 13.1. The fourth-order valence-electron chi connectivity index (χ4n) is 3.66. The topological polar surface area (TPSA) is 78.0 Å². The van der Waals surface area contributed by atoms with Crippen LogP contribution in [0.2, 0.25) is 0 Å². The van der Waals surface area contributed by atoms with E-state index in [1.165, 1.54) is 11.1 Å². The van der Waals surface area contributed by atoms with Gasteiger partial charge in [0.1, 0.15) is 11.2 Å². The molecule has 1 unspecified atom stereocenters. The van der Waals surface area contributed by atoms with Gasteiger partial charge in [-0.15, -0.1) is 5.10 Å². The molecule has 0 aliphatic carbocycles. The number of nitrogens with zero attached hydrogens (tertiary/aromatic N) is 6. The van der Waals surface area contributed by atoms with Gasteiger partial charge in [0, 0.05) is 18.5 Å². The zero-order valence-electron chi connectivity index (χ0n) is 17.3. The van der Waals surface area contributed by atoms with Gasteiger partial charge in [-0.25, -0.2) is 9.50 Å². The van der Waals surface area contributed by atoms with E-state index in [2.05, 4.69) is 31.0 Å². The molecular weight excluding hydrogens is 372 g/mol. The van der Waals surface area contributed by atoms with Crippen LogP contribution in [-0.4, -0.2) is 39.3 Å². The zero-order valence-corrected chi connectivity index (χ0v) is 18.1. The molecule has 0 N–H and O–H groups in total. The van der Waals surface area contributed by atoms with Gasteiger partial charge in [0.25, 0.3) is 0 Å². The predicted molar refractivity (Wildman–Crippen MR) is 111 cm³/mol. The van der Waals surface area contributed by atoms with Crippen LogP contribution in [0.4, 0.5) is 0 Å². The molecule has 146 valence electrons. The Labute approximate surface area is 166 Å². The van der Waals surface area contributed by atoms with E-state index in [9.17, 15) is 4.21 Å². The molecule has 0 aromatic carbocycles. The van der Waals surface area contributed by atoms with Crippen LogP contribution in [0.25, 0.3) is 28.2 Å². The number of hydrogen-bond donors (Lipinski definition) is 0. The molecule has 0 bridgehead atoms. The number of rotatable bonds is 3. The first-order valence-electron chi connectivity index (χ1n) is 9.30. The van der Waals surface area contributed by atoms with Crippen molar-refractivity contribution in [3.05, 3.63) is 34.1 Å². The minimum Gasteiger partial charge on any atom is -0.309 e. The van der Waals surface area contributed by atoms with Gasteiger partial charge in [0.05, 0.1) is 26.9 Å². The number of hydrogen-bond acceptors (Lipinski definition) is 5. The quantitative estimate of drug-likeness (QED) is 0.531. The van der Waals surface area contributed by atoms with Crippen molar-refractivity contribution in [1.29, 1.82) is 0 Å². The van der Waals surface area contributed by atoms with Crippen molar-refractivity contribution >= 4 is 27.5 Å². The van der Waals surface area contributed by atoms with Crippen LogP contribution in [0.1, 0.15) is 35.0 Å². The Morgan fingerprint density at radius 2 is 1.75 bits per heavy atom. The van der Waals surface area contributed by atoms with Crippen molar-refractivity contribution in [2.45, 2.75) is 46.4 Å². The van der Waals surface area contributed by atoms with E-state index in [-0.39, 0.29) is 0 Å². The van der Waals surface area contributed by atoms with E-state index in [0.29, 0.717) is 22.9 Å². The molecule has 1 atom stereocenters. The van der Waals surface area contributed by atoms with E-state index in [0.717, 1.165) is 32.9 Å². The number of imidazole rings is 1. The molecule has 0 saturated carbocycles. The van der Waals surface area contributed by atoms with Gasteiger partial charge in [-0.1, -0.05) is 6.92 Å². The highest BCUT2D eigenvalue weighted by atomic mass is 32.2. The average molecular weight is 397 g/mol. The Morgan fingerprint density at radius 1 is 1.04 bits per heavy atom. The molecule has 0 fully saturated rings. The third-order valence-corrected chi connectivity index (χ3v) is 6.99. The number of fused-ring (bicyclic) bond motifs is 2. The molecule has 4 rings (SSSR count). The van der Waals surface area contributed by atoms with E-state index in [4.69, 9.17) is 10.1 Å². The van der Waals surface area contributed by atoms with Crippen molar-refractivity contribution in [3.63, 3.8) is 0 Å². The van der Waals surface area contributed by atoms with Crippen molar-refractivity contribution in [1.82, 2.24) is 29.4 Å². The second-order valence-corrected chi connectivity index (χ2v) is 8.90. The molecule has 7 nitrogen and oxygen atoms in total. The van der Waals surface area contributed by atoms with Crippen LogP contribution >= 0.6 is 0 Å². The lowest BCUT2D eigenvalue weighted by molar-refractivity contribution is 0.684. The fraction of sp³-hybridized carbons (Fsp3) is 0.400. The highest BCUT2D eigenvalue weighted by Gasteiger charge is 2.26. The van der Waals surface area contributed by atoms with Crippen LogP contribution in [0.5, 0.6) is 0 Å². The molecule has 0 amide bonds. The van der Waals surface area contributed by atoms with Crippen molar-refractivity contribution in [3.8, 4) is 11.5 Å². The summed E-state index contributed by atoms with van der Waals surface area (Å²) in [6.45, 7) is 12.1. The molecule has 4 aromatic heterocycles. The molecule has 0 saturated heterocycles. The summed E-state index contributed by atoms with van der Waals surface area (Å²) in [4.78, 5) is 5.52. The maximum Gasteiger partial charge on any atom is 0.182 e. The molecule has 0 radical (unpaired) electrons. The molecular formula is C20H24N6OS. The Bertz CT molecular complexity index is 1280. The van der Waals surface area contributed by atoms with Gasteiger partial charge in [-0.3, -0.25) is 4.21 Å². The van der Waals surface area contributed by atoms with Crippen LogP contribution in [0, 0.1) is 34.6 Å². The number of aromatic nitrogens is 6. The first-order valence-corrected chi connectivity index (χ1v) is 10.6.